The highest BCUT2D eigenvalue weighted by Crippen LogP contribution is 2.36. The van der Waals surface area contributed by atoms with Gasteiger partial charge in [0.05, 0.1) is 0 Å². The van der Waals surface area contributed by atoms with Gasteiger partial charge in [0.25, 0.3) is 0 Å². The van der Waals surface area contributed by atoms with Crippen molar-refractivity contribution in [3.8, 4) is 0 Å². The summed E-state index contributed by atoms with van der Waals surface area (Å²) in [7, 11) is 0. The molecule has 0 aromatic heterocycles. The van der Waals surface area contributed by atoms with E-state index in [1.807, 2.05) is 37.3 Å². The van der Waals surface area contributed by atoms with Crippen LogP contribution in [0.2, 0.25) is 0 Å². The summed E-state index contributed by atoms with van der Waals surface area (Å²) in [5, 5.41) is 0. The van der Waals surface area contributed by atoms with Crippen molar-refractivity contribution in [2.75, 3.05) is 11.8 Å². The number of benzene rings is 2. The number of aryl methyl sites for hydroxylation is 1. The number of halogens is 4. The van der Waals surface area contributed by atoms with Crippen molar-refractivity contribution >= 4 is 39.1 Å². The molecule has 0 aliphatic carbocycles. The van der Waals surface area contributed by atoms with Crippen LogP contribution in [0.15, 0.2) is 46.9 Å². The molecule has 0 spiro atoms. The van der Waals surface area contributed by atoms with Gasteiger partial charge in [-0.2, -0.15) is 0 Å². The molecule has 2 rings (SSSR count). The molecule has 0 unspecified atom stereocenters. The van der Waals surface area contributed by atoms with E-state index in [0.29, 0.717) is 18.2 Å². The maximum absolute atomic E-state index is 13.3. The Kier molecular flexibility index (Phi) is 5.70. The molecule has 2 aromatic rings. The Morgan fingerprint density at radius 3 is 2.33 bits per heavy atom. The summed E-state index contributed by atoms with van der Waals surface area (Å²) in [4.78, 5) is 0. The fourth-order valence-electron chi connectivity index (χ4n) is 2.48. The lowest BCUT2D eigenvalue weighted by Crippen LogP contribution is -2.34. The van der Waals surface area contributed by atoms with Crippen LogP contribution in [0.3, 0.4) is 0 Å². The van der Waals surface area contributed by atoms with Gasteiger partial charge in [-0.1, -0.05) is 40.2 Å². The van der Waals surface area contributed by atoms with Crippen molar-refractivity contribution in [3.05, 3.63) is 69.4 Å². The van der Waals surface area contributed by atoms with Gasteiger partial charge in [0.2, 0.25) is 0 Å². The first-order valence-electron chi connectivity index (χ1n) is 6.64. The molecule has 0 amide bonds. The Morgan fingerprint density at radius 1 is 1.10 bits per heavy atom. The van der Waals surface area contributed by atoms with E-state index in [2.05, 4.69) is 15.9 Å². The molecule has 4 heteroatoms. The first-order valence-corrected chi connectivity index (χ1v) is 8.50. The highest BCUT2D eigenvalue weighted by atomic mass is 79.9. The van der Waals surface area contributed by atoms with E-state index < -0.39 is 0 Å². The van der Waals surface area contributed by atoms with Gasteiger partial charge in [-0.15, -0.1) is 23.2 Å². The second-order valence-electron chi connectivity index (χ2n) is 5.28. The lowest BCUT2D eigenvalue weighted by atomic mass is 9.78. The molecular formula is C17H16BrCl2F. The highest BCUT2D eigenvalue weighted by Gasteiger charge is 2.33. The van der Waals surface area contributed by atoms with Gasteiger partial charge >= 0.3 is 0 Å². The second-order valence-corrected chi connectivity index (χ2v) is 6.66. The molecule has 0 saturated heterocycles. The molecule has 0 aliphatic heterocycles. The standard InChI is InChI=1S/C17H16BrCl2F/c1-12-8-14(21)7-6-13(12)9-17(10-19,11-20)15-4-2-3-5-16(15)18/h2-8H,9-11H2,1H3. The van der Waals surface area contributed by atoms with Gasteiger partial charge in [-0.25, -0.2) is 4.39 Å². The van der Waals surface area contributed by atoms with Crippen LogP contribution in [0.1, 0.15) is 16.7 Å². The molecule has 0 bridgehead atoms. The quantitative estimate of drug-likeness (QED) is 0.562. The van der Waals surface area contributed by atoms with Gasteiger partial charge in [-0.3, -0.25) is 0 Å². The molecule has 0 saturated carbocycles. The molecular weight excluding hydrogens is 374 g/mol. The zero-order chi connectivity index (χ0) is 15.5. The summed E-state index contributed by atoms with van der Waals surface area (Å²) in [6.45, 7) is 1.91. The predicted octanol–water partition coefficient (Wildman–Crippen LogP) is 5.85. The van der Waals surface area contributed by atoms with E-state index in [1.54, 1.807) is 6.07 Å². The van der Waals surface area contributed by atoms with Crippen LogP contribution in [-0.2, 0) is 11.8 Å². The lowest BCUT2D eigenvalue weighted by Gasteiger charge is -2.32. The van der Waals surface area contributed by atoms with Gasteiger partial charge in [0.1, 0.15) is 5.82 Å². The second kappa shape index (κ2) is 7.13. The molecule has 0 aliphatic rings. The number of hydrogen-bond donors (Lipinski definition) is 0. The monoisotopic (exact) mass is 388 g/mol. The summed E-state index contributed by atoms with van der Waals surface area (Å²) in [6, 6.07) is 12.8. The fraction of sp³-hybridized carbons (Fsp3) is 0.294. The molecule has 2 aromatic carbocycles. The Hall–Kier alpha value is -0.570. The highest BCUT2D eigenvalue weighted by molar-refractivity contribution is 9.10. The smallest absolute Gasteiger partial charge is 0.123 e. The summed E-state index contributed by atoms with van der Waals surface area (Å²) < 4.78 is 14.3. The van der Waals surface area contributed by atoms with Crippen molar-refractivity contribution in [1.82, 2.24) is 0 Å². The van der Waals surface area contributed by atoms with E-state index in [-0.39, 0.29) is 11.2 Å². The molecule has 0 atom stereocenters. The summed E-state index contributed by atoms with van der Waals surface area (Å²) in [5.74, 6) is 0.575. The maximum Gasteiger partial charge on any atom is 0.123 e. The third kappa shape index (κ3) is 3.61. The zero-order valence-electron chi connectivity index (χ0n) is 11.7. The molecule has 0 nitrogen and oxygen atoms in total. The number of rotatable bonds is 5. The minimum absolute atomic E-state index is 0.223. The fourth-order valence-corrected chi connectivity index (χ4v) is 3.95. The van der Waals surface area contributed by atoms with Crippen molar-refractivity contribution < 1.29 is 4.39 Å². The topological polar surface area (TPSA) is 0 Å². The van der Waals surface area contributed by atoms with Crippen LogP contribution in [0.25, 0.3) is 0 Å². The van der Waals surface area contributed by atoms with Gasteiger partial charge in [0.15, 0.2) is 0 Å². The van der Waals surface area contributed by atoms with E-state index in [0.717, 1.165) is 21.2 Å². The molecule has 0 N–H and O–H groups in total. The Balaban J connectivity index is 2.46. The molecule has 0 fully saturated rings. The van der Waals surface area contributed by atoms with Crippen molar-refractivity contribution in [3.63, 3.8) is 0 Å². The SMILES string of the molecule is Cc1cc(F)ccc1CC(CCl)(CCl)c1ccccc1Br. The predicted molar refractivity (Wildman–Crippen MR) is 92.1 cm³/mol. The minimum atomic E-state index is -0.383. The van der Waals surface area contributed by atoms with Crippen molar-refractivity contribution in [1.29, 1.82) is 0 Å². The molecule has 0 radical (unpaired) electrons. The molecule has 21 heavy (non-hydrogen) atoms. The van der Waals surface area contributed by atoms with Gasteiger partial charge < -0.3 is 0 Å². The largest absolute Gasteiger partial charge is 0.207 e. The molecule has 112 valence electrons. The Labute approximate surface area is 143 Å². The summed E-state index contributed by atoms with van der Waals surface area (Å²) in [6.07, 6.45) is 0.675. The lowest BCUT2D eigenvalue weighted by molar-refractivity contribution is 0.531. The van der Waals surface area contributed by atoms with E-state index in [1.165, 1.54) is 6.07 Å². The molecule has 0 heterocycles. The first-order chi connectivity index (χ1) is 10.0. The van der Waals surface area contributed by atoms with E-state index in [4.69, 9.17) is 23.2 Å². The zero-order valence-corrected chi connectivity index (χ0v) is 14.8. The average Bonchev–Trinajstić information content (AvgIpc) is 2.48. The summed E-state index contributed by atoms with van der Waals surface area (Å²) in [5.41, 5.74) is 2.68. The Morgan fingerprint density at radius 2 is 1.76 bits per heavy atom. The van der Waals surface area contributed by atoms with Crippen LogP contribution in [-0.4, -0.2) is 11.8 Å². The van der Waals surface area contributed by atoms with Crippen LogP contribution < -0.4 is 0 Å². The summed E-state index contributed by atoms with van der Waals surface area (Å²) >= 11 is 16.2. The van der Waals surface area contributed by atoms with Crippen LogP contribution >= 0.6 is 39.1 Å². The number of alkyl halides is 2. The van der Waals surface area contributed by atoms with E-state index in [9.17, 15) is 4.39 Å². The minimum Gasteiger partial charge on any atom is -0.207 e. The van der Waals surface area contributed by atoms with Crippen LogP contribution in [0.5, 0.6) is 0 Å². The van der Waals surface area contributed by atoms with Crippen molar-refractivity contribution in [2.45, 2.75) is 18.8 Å². The average molecular weight is 390 g/mol. The van der Waals surface area contributed by atoms with Gasteiger partial charge in [-0.05, 0) is 48.2 Å². The number of hydrogen-bond acceptors (Lipinski definition) is 0. The third-order valence-corrected chi connectivity index (χ3v) is 5.50. The van der Waals surface area contributed by atoms with E-state index >= 15 is 0 Å². The van der Waals surface area contributed by atoms with Crippen molar-refractivity contribution in [2.24, 2.45) is 0 Å². The normalized spacial score (nSPS) is 11.7. The first kappa shape index (κ1) is 16.8. The van der Waals surface area contributed by atoms with Gasteiger partial charge in [0, 0.05) is 21.6 Å². The van der Waals surface area contributed by atoms with Crippen LogP contribution in [0, 0.1) is 12.7 Å². The van der Waals surface area contributed by atoms with Crippen LogP contribution in [0.4, 0.5) is 4.39 Å². The Bertz CT molecular complexity index is 624. The third-order valence-electron chi connectivity index (χ3n) is 3.79. The maximum atomic E-state index is 13.3.